The number of anilines is 1. The molecule has 0 unspecified atom stereocenters. The minimum absolute atomic E-state index is 0.0830. The van der Waals surface area contributed by atoms with Crippen LogP contribution >= 0.6 is 0 Å². The summed E-state index contributed by atoms with van der Waals surface area (Å²) in [5.74, 6) is -0.975. The zero-order valence-electron chi connectivity index (χ0n) is 10.0. The molecular weight excluding hydrogens is 250 g/mol. The predicted octanol–water partition coefficient (Wildman–Crippen LogP) is 3.42. The summed E-state index contributed by atoms with van der Waals surface area (Å²) in [7, 11) is 1.44. The molecule has 0 atom stereocenters. The quantitative estimate of drug-likeness (QED) is 0.613. The van der Waals surface area contributed by atoms with Gasteiger partial charge in [0.1, 0.15) is 5.82 Å². The number of hydrogen-bond donors (Lipinski definition) is 0. The smallest absolute Gasteiger partial charge is 0.374 e. The molecule has 1 aromatic carbocycles. The number of carbonyl (C=O) groups is 1. The lowest BCUT2D eigenvalue weighted by atomic mass is 10.1. The van der Waals surface area contributed by atoms with Crippen LogP contribution in [0.1, 0.15) is 23.7 Å². The van der Waals surface area contributed by atoms with Crippen molar-refractivity contribution in [3.05, 3.63) is 29.6 Å². The Morgan fingerprint density at radius 3 is 2.44 bits per heavy atom. The van der Waals surface area contributed by atoms with Crippen LogP contribution in [-0.2, 0) is 0 Å². The molecule has 0 aliphatic carbocycles. The molecule has 0 saturated carbocycles. The van der Waals surface area contributed by atoms with E-state index in [0.29, 0.717) is 5.69 Å². The van der Waals surface area contributed by atoms with E-state index >= 15 is 0 Å². The fraction of sp³-hybridized carbons (Fsp3) is 0.417. The first-order valence-corrected chi connectivity index (χ1v) is 5.29. The molecule has 0 N–H and O–H groups in total. The molecule has 18 heavy (non-hydrogen) atoms. The lowest BCUT2D eigenvalue weighted by Gasteiger charge is -2.22. The average Bonchev–Trinajstić information content (AvgIpc) is 2.24. The third-order valence-electron chi connectivity index (χ3n) is 2.48. The van der Waals surface area contributed by atoms with Crippen LogP contribution in [0.5, 0.6) is 0 Å². The van der Waals surface area contributed by atoms with Gasteiger partial charge in [-0.1, -0.05) is 0 Å². The van der Waals surface area contributed by atoms with Crippen LogP contribution < -0.4 is 4.90 Å². The SMILES string of the molecule is CC(=O)c1cc(F)ccc1N(C)CCC(F)(F)F. The minimum atomic E-state index is -4.26. The second-order valence-corrected chi connectivity index (χ2v) is 4.00. The van der Waals surface area contributed by atoms with Crippen molar-refractivity contribution in [2.24, 2.45) is 0 Å². The van der Waals surface area contributed by atoms with Gasteiger partial charge in [0, 0.05) is 24.8 Å². The highest BCUT2D eigenvalue weighted by atomic mass is 19.4. The molecule has 0 aliphatic rings. The maximum Gasteiger partial charge on any atom is 0.390 e. The van der Waals surface area contributed by atoms with E-state index in [1.807, 2.05) is 0 Å². The number of carbonyl (C=O) groups excluding carboxylic acids is 1. The van der Waals surface area contributed by atoms with Crippen molar-refractivity contribution in [3.8, 4) is 0 Å². The van der Waals surface area contributed by atoms with E-state index in [0.717, 1.165) is 12.1 Å². The lowest BCUT2D eigenvalue weighted by molar-refractivity contribution is -0.132. The van der Waals surface area contributed by atoms with Crippen molar-refractivity contribution < 1.29 is 22.4 Å². The monoisotopic (exact) mass is 263 g/mol. The summed E-state index contributed by atoms with van der Waals surface area (Å²) in [4.78, 5) is 12.6. The van der Waals surface area contributed by atoms with Crippen LogP contribution in [0.2, 0.25) is 0 Å². The fourth-order valence-corrected chi connectivity index (χ4v) is 1.54. The van der Waals surface area contributed by atoms with Crippen LogP contribution in [0.15, 0.2) is 18.2 Å². The first kappa shape index (κ1) is 14.5. The van der Waals surface area contributed by atoms with Gasteiger partial charge in [-0.15, -0.1) is 0 Å². The number of Topliss-reactive ketones (excluding diaryl/α,β-unsaturated/α-hetero) is 1. The van der Waals surface area contributed by atoms with E-state index in [1.54, 1.807) is 0 Å². The molecule has 0 fully saturated rings. The van der Waals surface area contributed by atoms with Crippen molar-refractivity contribution in [1.82, 2.24) is 0 Å². The molecule has 6 heteroatoms. The molecule has 0 aliphatic heterocycles. The Morgan fingerprint density at radius 1 is 1.33 bits per heavy atom. The largest absolute Gasteiger partial charge is 0.390 e. The molecule has 0 bridgehead atoms. The standard InChI is InChI=1S/C12H13F4NO/c1-8(18)10-7-9(13)3-4-11(10)17(2)6-5-12(14,15)16/h3-4,7H,5-6H2,1-2H3. The van der Waals surface area contributed by atoms with E-state index in [9.17, 15) is 22.4 Å². The number of alkyl halides is 3. The summed E-state index contributed by atoms with van der Waals surface area (Å²) in [6.45, 7) is 0.964. The molecule has 2 nitrogen and oxygen atoms in total. The Kier molecular flexibility index (Phi) is 4.32. The van der Waals surface area contributed by atoms with Crippen molar-refractivity contribution in [2.75, 3.05) is 18.5 Å². The second-order valence-electron chi connectivity index (χ2n) is 4.00. The number of rotatable bonds is 4. The first-order chi connectivity index (χ1) is 8.20. The van der Waals surface area contributed by atoms with E-state index < -0.39 is 18.4 Å². The van der Waals surface area contributed by atoms with E-state index in [-0.39, 0.29) is 17.9 Å². The maximum absolute atomic E-state index is 13.0. The normalized spacial score (nSPS) is 11.4. The third-order valence-corrected chi connectivity index (χ3v) is 2.48. The third kappa shape index (κ3) is 4.01. The highest BCUT2D eigenvalue weighted by Gasteiger charge is 2.27. The van der Waals surface area contributed by atoms with Crippen molar-refractivity contribution >= 4 is 11.5 Å². The fourth-order valence-electron chi connectivity index (χ4n) is 1.54. The molecule has 0 amide bonds. The second kappa shape index (κ2) is 5.37. The van der Waals surface area contributed by atoms with Crippen LogP contribution in [0.3, 0.4) is 0 Å². The van der Waals surface area contributed by atoms with Gasteiger partial charge in [-0.05, 0) is 25.1 Å². The Bertz CT molecular complexity index is 442. The molecule has 0 heterocycles. The molecule has 0 radical (unpaired) electrons. The average molecular weight is 263 g/mol. The summed E-state index contributed by atoms with van der Waals surface area (Å²) < 4.78 is 49.3. The predicted molar refractivity (Wildman–Crippen MR) is 60.3 cm³/mol. The first-order valence-electron chi connectivity index (χ1n) is 5.29. The number of ketones is 1. The lowest BCUT2D eigenvalue weighted by Crippen LogP contribution is -2.25. The molecular formula is C12H13F4NO. The van der Waals surface area contributed by atoms with Crippen LogP contribution in [0.4, 0.5) is 23.2 Å². The van der Waals surface area contributed by atoms with Gasteiger partial charge in [0.25, 0.3) is 0 Å². The van der Waals surface area contributed by atoms with Gasteiger partial charge in [0.2, 0.25) is 0 Å². The minimum Gasteiger partial charge on any atom is -0.374 e. The van der Waals surface area contributed by atoms with Crippen molar-refractivity contribution in [1.29, 1.82) is 0 Å². The summed E-state index contributed by atoms with van der Waals surface area (Å²) >= 11 is 0. The topological polar surface area (TPSA) is 20.3 Å². The summed E-state index contributed by atoms with van der Waals surface area (Å²) in [5.41, 5.74) is 0.382. The molecule has 0 spiro atoms. The molecule has 1 aromatic rings. The van der Waals surface area contributed by atoms with E-state index in [1.165, 1.54) is 24.9 Å². The van der Waals surface area contributed by atoms with Gasteiger partial charge in [0.15, 0.2) is 5.78 Å². The van der Waals surface area contributed by atoms with E-state index in [4.69, 9.17) is 0 Å². The number of nitrogens with zero attached hydrogens (tertiary/aromatic N) is 1. The van der Waals surface area contributed by atoms with E-state index in [2.05, 4.69) is 0 Å². The van der Waals surface area contributed by atoms with Gasteiger partial charge >= 0.3 is 6.18 Å². The number of hydrogen-bond acceptors (Lipinski definition) is 2. The van der Waals surface area contributed by atoms with Crippen LogP contribution in [0, 0.1) is 5.82 Å². The highest BCUT2D eigenvalue weighted by molar-refractivity contribution is 5.99. The Hall–Kier alpha value is -1.59. The van der Waals surface area contributed by atoms with Gasteiger partial charge in [0.05, 0.1) is 6.42 Å². The molecule has 100 valence electrons. The van der Waals surface area contributed by atoms with Crippen LogP contribution in [-0.4, -0.2) is 25.6 Å². The van der Waals surface area contributed by atoms with Crippen molar-refractivity contribution in [2.45, 2.75) is 19.5 Å². The van der Waals surface area contributed by atoms with Crippen molar-refractivity contribution in [3.63, 3.8) is 0 Å². The summed E-state index contributed by atoms with van der Waals surface area (Å²) in [6.07, 6.45) is -5.25. The number of benzene rings is 1. The zero-order chi connectivity index (χ0) is 13.9. The van der Waals surface area contributed by atoms with Gasteiger partial charge in [-0.25, -0.2) is 4.39 Å². The summed E-state index contributed by atoms with van der Waals surface area (Å²) in [5, 5.41) is 0. The molecule has 1 rings (SSSR count). The Balaban J connectivity index is 2.91. The maximum atomic E-state index is 13.0. The number of halogens is 4. The Labute approximate surface area is 102 Å². The summed E-state index contributed by atoms with van der Waals surface area (Å²) in [6, 6.07) is 3.45. The Morgan fingerprint density at radius 2 is 1.94 bits per heavy atom. The van der Waals surface area contributed by atoms with Gasteiger partial charge in [-0.3, -0.25) is 4.79 Å². The molecule has 0 aromatic heterocycles. The molecule has 0 saturated heterocycles. The highest BCUT2D eigenvalue weighted by Crippen LogP contribution is 2.24. The van der Waals surface area contributed by atoms with Gasteiger partial charge < -0.3 is 4.90 Å². The van der Waals surface area contributed by atoms with Gasteiger partial charge in [-0.2, -0.15) is 13.2 Å². The zero-order valence-corrected chi connectivity index (χ0v) is 10.0. The van der Waals surface area contributed by atoms with Crippen LogP contribution in [0.25, 0.3) is 0 Å².